The summed E-state index contributed by atoms with van der Waals surface area (Å²) in [5, 5.41) is 16.0. The Kier molecular flexibility index (Phi) is 5.48. The van der Waals surface area contributed by atoms with Gasteiger partial charge in [-0.25, -0.2) is 0 Å². The van der Waals surface area contributed by atoms with E-state index in [2.05, 4.69) is 22.8 Å². The number of carbonyl (C=O) groups is 1. The molecule has 1 heterocycles. The molecule has 1 saturated heterocycles. The number of hydrogen-bond donors (Lipinski definition) is 3. The number of fused-ring (bicyclic) bond motifs is 1. The molecule has 0 saturated carbocycles. The zero-order valence-electron chi connectivity index (χ0n) is 13.0. The van der Waals surface area contributed by atoms with Crippen LogP contribution in [0.15, 0.2) is 24.3 Å². The predicted molar refractivity (Wildman–Crippen MR) is 89.4 cm³/mol. The lowest BCUT2D eigenvalue weighted by molar-refractivity contribution is -0.127. The number of hydrogen-bond acceptors (Lipinski definition) is 3. The minimum absolute atomic E-state index is 0. The Bertz CT molecular complexity index is 537. The summed E-state index contributed by atoms with van der Waals surface area (Å²) in [5.41, 5.74) is 2.02. The van der Waals surface area contributed by atoms with Gasteiger partial charge in [-0.2, -0.15) is 0 Å². The summed E-state index contributed by atoms with van der Waals surface area (Å²) in [5.74, 6) is 0.213. The normalized spacial score (nSPS) is 30.3. The summed E-state index contributed by atoms with van der Waals surface area (Å²) in [6.07, 6.45) is 2.65. The van der Waals surface area contributed by atoms with Crippen molar-refractivity contribution in [3.05, 3.63) is 35.4 Å². The van der Waals surface area contributed by atoms with Gasteiger partial charge in [-0.05, 0) is 37.3 Å². The first-order chi connectivity index (χ1) is 10.1. The number of β-amino-alcohol motifs (C(OH)–C–C–N with tert-alkyl or cyclic N) is 1. The van der Waals surface area contributed by atoms with Crippen molar-refractivity contribution >= 4 is 18.3 Å². The maximum absolute atomic E-state index is 12.7. The summed E-state index contributed by atoms with van der Waals surface area (Å²) in [6.45, 7) is 3.99. The lowest BCUT2D eigenvalue weighted by atomic mass is 9.70. The van der Waals surface area contributed by atoms with E-state index in [0.717, 1.165) is 25.8 Å². The van der Waals surface area contributed by atoms with Crippen LogP contribution in [0, 0.1) is 5.92 Å². The van der Waals surface area contributed by atoms with Gasteiger partial charge in [0.05, 0.1) is 11.5 Å². The number of halogens is 1. The highest BCUT2D eigenvalue weighted by atomic mass is 35.5. The van der Waals surface area contributed by atoms with Crippen LogP contribution in [0.2, 0.25) is 0 Å². The van der Waals surface area contributed by atoms with Crippen LogP contribution in [-0.4, -0.2) is 36.8 Å². The van der Waals surface area contributed by atoms with E-state index in [1.807, 2.05) is 19.1 Å². The topological polar surface area (TPSA) is 61.4 Å². The molecule has 22 heavy (non-hydrogen) atoms. The van der Waals surface area contributed by atoms with Crippen molar-refractivity contribution < 1.29 is 9.90 Å². The third-order valence-corrected chi connectivity index (χ3v) is 5.06. The maximum Gasteiger partial charge on any atom is 0.230 e. The van der Waals surface area contributed by atoms with Gasteiger partial charge in [0.1, 0.15) is 0 Å². The van der Waals surface area contributed by atoms with Crippen molar-refractivity contribution in [3.63, 3.8) is 0 Å². The molecule has 0 radical (unpaired) electrons. The average molecular weight is 325 g/mol. The predicted octanol–water partition coefficient (Wildman–Crippen LogP) is 1.40. The molecule has 2 aliphatic rings. The van der Waals surface area contributed by atoms with E-state index in [0.29, 0.717) is 13.1 Å². The summed E-state index contributed by atoms with van der Waals surface area (Å²) >= 11 is 0. The van der Waals surface area contributed by atoms with Gasteiger partial charge in [-0.15, -0.1) is 12.4 Å². The molecule has 1 aromatic carbocycles. The van der Waals surface area contributed by atoms with Crippen LogP contribution in [0.3, 0.4) is 0 Å². The Morgan fingerprint density at radius 1 is 1.41 bits per heavy atom. The Hall–Kier alpha value is -1.10. The van der Waals surface area contributed by atoms with Gasteiger partial charge in [0.2, 0.25) is 5.91 Å². The number of benzene rings is 1. The molecule has 0 spiro atoms. The molecular weight excluding hydrogens is 300 g/mol. The molecule has 0 aromatic heterocycles. The standard InChI is InChI=1S/C17H24N2O2.ClH/c1-17(8-4-6-12-5-2-3-7-14(12)17)16(21)19-10-13-9-18-11-15(13)20;/h2-3,5,7,13,15,18,20H,4,6,8-11H2,1H3,(H,19,21);1H. The number of nitrogens with one attached hydrogen (secondary N) is 2. The van der Waals surface area contributed by atoms with Crippen molar-refractivity contribution in [2.75, 3.05) is 19.6 Å². The smallest absolute Gasteiger partial charge is 0.230 e. The van der Waals surface area contributed by atoms with Crippen LogP contribution in [0.25, 0.3) is 0 Å². The maximum atomic E-state index is 12.7. The van der Waals surface area contributed by atoms with Gasteiger partial charge in [0.15, 0.2) is 0 Å². The first-order valence-corrected chi connectivity index (χ1v) is 7.87. The van der Waals surface area contributed by atoms with E-state index in [-0.39, 0.29) is 30.3 Å². The molecule has 1 aromatic rings. The minimum Gasteiger partial charge on any atom is -0.391 e. The molecule has 0 bridgehead atoms. The molecule has 1 fully saturated rings. The average Bonchev–Trinajstić information content (AvgIpc) is 2.90. The van der Waals surface area contributed by atoms with Gasteiger partial charge in [0.25, 0.3) is 0 Å². The molecule has 4 nitrogen and oxygen atoms in total. The molecule has 3 N–H and O–H groups in total. The van der Waals surface area contributed by atoms with E-state index in [4.69, 9.17) is 0 Å². The number of rotatable bonds is 3. The van der Waals surface area contributed by atoms with Gasteiger partial charge < -0.3 is 15.7 Å². The molecule has 1 aliphatic carbocycles. The monoisotopic (exact) mass is 324 g/mol. The van der Waals surface area contributed by atoms with E-state index in [9.17, 15) is 9.90 Å². The summed E-state index contributed by atoms with van der Waals surface area (Å²) in [6, 6.07) is 8.27. The van der Waals surface area contributed by atoms with Crippen LogP contribution >= 0.6 is 12.4 Å². The first-order valence-electron chi connectivity index (χ1n) is 7.87. The van der Waals surface area contributed by atoms with Crippen LogP contribution < -0.4 is 10.6 Å². The van der Waals surface area contributed by atoms with Gasteiger partial charge >= 0.3 is 0 Å². The largest absolute Gasteiger partial charge is 0.391 e. The fourth-order valence-corrected chi connectivity index (χ4v) is 3.63. The van der Waals surface area contributed by atoms with Gasteiger partial charge in [0, 0.05) is 25.6 Å². The number of carbonyl (C=O) groups excluding carboxylic acids is 1. The van der Waals surface area contributed by atoms with Crippen molar-refractivity contribution in [3.8, 4) is 0 Å². The van der Waals surface area contributed by atoms with E-state index in [1.165, 1.54) is 11.1 Å². The second-order valence-corrected chi connectivity index (χ2v) is 6.54. The Morgan fingerprint density at radius 3 is 2.91 bits per heavy atom. The second kappa shape index (κ2) is 6.99. The van der Waals surface area contributed by atoms with Crippen LogP contribution in [-0.2, 0) is 16.6 Å². The number of aliphatic hydroxyl groups is 1. The first kappa shape index (κ1) is 17.3. The highest BCUT2D eigenvalue weighted by Crippen LogP contribution is 2.37. The van der Waals surface area contributed by atoms with E-state index < -0.39 is 5.41 Å². The highest BCUT2D eigenvalue weighted by Gasteiger charge is 2.39. The zero-order valence-corrected chi connectivity index (χ0v) is 13.8. The molecule has 3 unspecified atom stereocenters. The Morgan fingerprint density at radius 2 is 2.18 bits per heavy atom. The van der Waals surface area contributed by atoms with Crippen LogP contribution in [0.5, 0.6) is 0 Å². The minimum atomic E-state index is -0.439. The quantitative estimate of drug-likeness (QED) is 0.787. The number of aryl methyl sites for hydroxylation is 1. The third kappa shape index (κ3) is 3.14. The molecule has 5 heteroatoms. The summed E-state index contributed by atoms with van der Waals surface area (Å²) < 4.78 is 0. The lowest BCUT2D eigenvalue weighted by Crippen LogP contribution is -2.46. The highest BCUT2D eigenvalue weighted by molar-refractivity contribution is 5.88. The Labute approximate surface area is 138 Å². The third-order valence-electron chi connectivity index (χ3n) is 5.06. The van der Waals surface area contributed by atoms with Gasteiger partial charge in [-0.1, -0.05) is 24.3 Å². The second-order valence-electron chi connectivity index (χ2n) is 6.54. The fraction of sp³-hybridized carbons (Fsp3) is 0.588. The molecule has 122 valence electrons. The van der Waals surface area contributed by atoms with Crippen molar-refractivity contribution in [2.24, 2.45) is 5.92 Å². The summed E-state index contributed by atoms with van der Waals surface area (Å²) in [7, 11) is 0. The van der Waals surface area contributed by atoms with Gasteiger partial charge in [-0.3, -0.25) is 4.79 Å². The zero-order chi connectivity index (χ0) is 14.9. The van der Waals surface area contributed by atoms with Crippen molar-refractivity contribution in [1.29, 1.82) is 0 Å². The van der Waals surface area contributed by atoms with Crippen molar-refractivity contribution in [2.45, 2.75) is 37.7 Å². The van der Waals surface area contributed by atoms with E-state index >= 15 is 0 Å². The molecule has 3 rings (SSSR count). The number of aliphatic hydroxyl groups excluding tert-OH is 1. The number of amides is 1. The lowest BCUT2D eigenvalue weighted by Gasteiger charge is -2.35. The molecule has 1 amide bonds. The Balaban J connectivity index is 0.00000176. The fourth-order valence-electron chi connectivity index (χ4n) is 3.63. The van der Waals surface area contributed by atoms with E-state index in [1.54, 1.807) is 0 Å². The summed E-state index contributed by atoms with van der Waals surface area (Å²) in [4.78, 5) is 12.7. The van der Waals surface area contributed by atoms with Crippen LogP contribution in [0.4, 0.5) is 0 Å². The molecule has 1 aliphatic heterocycles. The van der Waals surface area contributed by atoms with Crippen LogP contribution in [0.1, 0.15) is 30.9 Å². The molecular formula is C17H25ClN2O2. The molecule has 3 atom stereocenters. The van der Waals surface area contributed by atoms with Crippen molar-refractivity contribution in [1.82, 2.24) is 10.6 Å². The SMILES string of the molecule is CC1(C(=O)NCC2CNCC2O)CCCc2ccccc21.Cl.